The molecule has 1 aromatic heterocycles. The molecule has 144 valence electrons. The Labute approximate surface area is 165 Å². The van der Waals surface area contributed by atoms with E-state index < -0.39 is 0 Å². The quantitative estimate of drug-likeness (QED) is 0.736. The molecule has 4 rings (SSSR count). The van der Waals surface area contributed by atoms with Gasteiger partial charge in [0.1, 0.15) is 12.7 Å². The Morgan fingerprint density at radius 3 is 2.43 bits per heavy atom. The van der Waals surface area contributed by atoms with Gasteiger partial charge in [-0.15, -0.1) is 0 Å². The predicted molar refractivity (Wildman–Crippen MR) is 111 cm³/mol. The van der Waals surface area contributed by atoms with Crippen LogP contribution in [-0.4, -0.2) is 33.8 Å². The minimum absolute atomic E-state index is 0.105. The van der Waals surface area contributed by atoms with Crippen molar-refractivity contribution < 1.29 is 4.79 Å². The molecule has 0 aliphatic carbocycles. The molecule has 0 saturated carbocycles. The van der Waals surface area contributed by atoms with Gasteiger partial charge in [-0.1, -0.05) is 19.1 Å². The number of piperidine rings is 1. The zero-order valence-corrected chi connectivity index (χ0v) is 16.1. The first-order valence-corrected chi connectivity index (χ1v) is 9.75. The molecule has 1 amide bonds. The molecule has 28 heavy (non-hydrogen) atoms. The SMILES string of the molecule is CC1CCN(c2ccc(NC(=O)c3ccc(Cn4cncn4)cc3)cc2)CC1. The normalized spacial score (nSPS) is 14.8. The standard InChI is InChI=1S/C22H25N5O/c1-17-10-12-26(13-11-17)21-8-6-20(7-9-21)25-22(28)19-4-2-18(3-5-19)14-27-16-23-15-24-27/h2-9,15-17H,10-14H2,1H3,(H,25,28). The summed E-state index contributed by atoms with van der Waals surface area (Å²) in [5, 5.41) is 7.07. The maximum Gasteiger partial charge on any atom is 0.255 e. The lowest BCUT2D eigenvalue weighted by Crippen LogP contribution is -2.32. The smallest absolute Gasteiger partial charge is 0.255 e. The van der Waals surface area contributed by atoms with Gasteiger partial charge in [0.05, 0.1) is 6.54 Å². The second-order valence-corrected chi connectivity index (χ2v) is 7.46. The van der Waals surface area contributed by atoms with E-state index in [4.69, 9.17) is 0 Å². The second-order valence-electron chi connectivity index (χ2n) is 7.46. The number of rotatable bonds is 5. The van der Waals surface area contributed by atoms with Gasteiger partial charge in [-0.25, -0.2) is 9.67 Å². The molecule has 1 aliphatic heterocycles. The van der Waals surface area contributed by atoms with E-state index in [1.807, 2.05) is 36.4 Å². The molecule has 6 heteroatoms. The van der Waals surface area contributed by atoms with Gasteiger partial charge in [0, 0.05) is 30.0 Å². The maximum atomic E-state index is 12.5. The summed E-state index contributed by atoms with van der Waals surface area (Å²) in [6.07, 6.45) is 5.67. The highest BCUT2D eigenvalue weighted by atomic mass is 16.1. The molecule has 0 radical (unpaired) electrons. The number of benzene rings is 2. The van der Waals surface area contributed by atoms with E-state index in [2.05, 4.69) is 39.4 Å². The first kappa shape index (κ1) is 18.2. The predicted octanol–water partition coefficient (Wildman–Crippen LogP) is 3.82. The number of aromatic nitrogens is 3. The van der Waals surface area contributed by atoms with Crippen LogP contribution in [0.2, 0.25) is 0 Å². The van der Waals surface area contributed by atoms with E-state index >= 15 is 0 Å². The topological polar surface area (TPSA) is 63.1 Å². The number of carbonyl (C=O) groups excluding carboxylic acids is 1. The largest absolute Gasteiger partial charge is 0.372 e. The van der Waals surface area contributed by atoms with Crippen LogP contribution in [0.4, 0.5) is 11.4 Å². The summed E-state index contributed by atoms with van der Waals surface area (Å²) in [5.41, 5.74) is 3.74. The van der Waals surface area contributed by atoms with Gasteiger partial charge in [-0.3, -0.25) is 4.79 Å². The Morgan fingerprint density at radius 1 is 1.07 bits per heavy atom. The van der Waals surface area contributed by atoms with Crippen molar-refractivity contribution in [3.05, 3.63) is 72.3 Å². The van der Waals surface area contributed by atoms with Crippen molar-refractivity contribution in [2.45, 2.75) is 26.3 Å². The van der Waals surface area contributed by atoms with Crippen molar-refractivity contribution in [1.82, 2.24) is 14.8 Å². The van der Waals surface area contributed by atoms with Gasteiger partial charge in [0.15, 0.2) is 0 Å². The van der Waals surface area contributed by atoms with Gasteiger partial charge in [0.25, 0.3) is 5.91 Å². The van der Waals surface area contributed by atoms with E-state index in [9.17, 15) is 4.79 Å². The van der Waals surface area contributed by atoms with Crippen molar-refractivity contribution in [3.8, 4) is 0 Å². The molecule has 2 aromatic carbocycles. The van der Waals surface area contributed by atoms with Crippen LogP contribution in [0.1, 0.15) is 35.7 Å². The van der Waals surface area contributed by atoms with Gasteiger partial charge < -0.3 is 10.2 Å². The van der Waals surface area contributed by atoms with Crippen LogP contribution >= 0.6 is 0 Å². The van der Waals surface area contributed by atoms with Gasteiger partial charge in [-0.05, 0) is 60.7 Å². The third-order valence-corrected chi connectivity index (χ3v) is 5.30. The second kappa shape index (κ2) is 8.25. The molecule has 0 spiro atoms. The summed E-state index contributed by atoms with van der Waals surface area (Å²) < 4.78 is 1.75. The molecule has 1 N–H and O–H groups in total. The first-order chi connectivity index (χ1) is 13.7. The number of hydrogen-bond acceptors (Lipinski definition) is 4. The molecule has 1 aliphatic rings. The van der Waals surface area contributed by atoms with Crippen LogP contribution in [0.5, 0.6) is 0 Å². The fourth-order valence-electron chi connectivity index (χ4n) is 3.49. The number of nitrogens with zero attached hydrogens (tertiary/aromatic N) is 4. The summed E-state index contributed by atoms with van der Waals surface area (Å²) >= 11 is 0. The van der Waals surface area contributed by atoms with E-state index in [0.29, 0.717) is 12.1 Å². The van der Waals surface area contributed by atoms with Crippen LogP contribution in [0.3, 0.4) is 0 Å². The lowest BCUT2D eigenvalue weighted by Gasteiger charge is -2.32. The van der Waals surface area contributed by atoms with Gasteiger partial charge in [-0.2, -0.15) is 5.10 Å². The van der Waals surface area contributed by atoms with E-state index in [1.54, 1.807) is 11.0 Å². The Bertz CT molecular complexity index is 895. The Morgan fingerprint density at radius 2 is 1.79 bits per heavy atom. The lowest BCUT2D eigenvalue weighted by molar-refractivity contribution is 0.102. The monoisotopic (exact) mass is 375 g/mol. The first-order valence-electron chi connectivity index (χ1n) is 9.75. The van der Waals surface area contributed by atoms with Crippen molar-refractivity contribution in [2.24, 2.45) is 5.92 Å². The highest BCUT2D eigenvalue weighted by Crippen LogP contribution is 2.24. The van der Waals surface area contributed by atoms with E-state index in [0.717, 1.165) is 30.3 Å². The van der Waals surface area contributed by atoms with Crippen LogP contribution in [0.15, 0.2) is 61.2 Å². The fourth-order valence-corrected chi connectivity index (χ4v) is 3.49. The fraction of sp³-hybridized carbons (Fsp3) is 0.318. The number of hydrogen-bond donors (Lipinski definition) is 1. The van der Waals surface area contributed by atoms with Crippen molar-refractivity contribution in [3.63, 3.8) is 0 Å². The number of carbonyl (C=O) groups is 1. The molecule has 1 saturated heterocycles. The van der Waals surface area contributed by atoms with Crippen molar-refractivity contribution in [2.75, 3.05) is 23.3 Å². The molecule has 1 fully saturated rings. The lowest BCUT2D eigenvalue weighted by atomic mass is 9.99. The molecule has 6 nitrogen and oxygen atoms in total. The van der Waals surface area contributed by atoms with Crippen molar-refractivity contribution >= 4 is 17.3 Å². The summed E-state index contributed by atoms with van der Waals surface area (Å²) in [4.78, 5) is 18.9. The van der Waals surface area contributed by atoms with Crippen LogP contribution in [0.25, 0.3) is 0 Å². The Hall–Kier alpha value is -3.15. The number of amides is 1. The third kappa shape index (κ3) is 4.39. The summed E-state index contributed by atoms with van der Waals surface area (Å²) in [7, 11) is 0. The Kier molecular flexibility index (Phi) is 5.37. The molecule has 0 unspecified atom stereocenters. The molecule has 0 atom stereocenters. The molecule has 3 aromatic rings. The van der Waals surface area contributed by atoms with Crippen LogP contribution in [-0.2, 0) is 6.54 Å². The molecular weight excluding hydrogens is 350 g/mol. The van der Waals surface area contributed by atoms with Crippen LogP contribution in [0, 0.1) is 5.92 Å². The van der Waals surface area contributed by atoms with E-state index in [-0.39, 0.29) is 5.91 Å². The average molecular weight is 375 g/mol. The van der Waals surface area contributed by atoms with Gasteiger partial charge >= 0.3 is 0 Å². The number of anilines is 2. The minimum Gasteiger partial charge on any atom is -0.372 e. The van der Waals surface area contributed by atoms with E-state index in [1.165, 1.54) is 24.9 Å². The number of nitrogens with one attached hydrogen (secondary N) is 1. The average Bonchev–Trinajstić information content (AvgIpc) is 3.23. The highest BCUT2D eigenvalue weighted by molar-refractivity contribution is 6.04. The Balaban J connectivity index is 1.35. The van der Waals surface area contributed by atoms with Crippen molar-refractivity contribution in [1.29, 1.82) is 0 Å². The molecule has 0 bridgehead atoms. The highest BCUT2D eigenvalue weighted by Gasteiger charge is 2.16. The summed E-state index contributed by atoms with van der Waals surface area (Å²) in [6, 6.07) is 15.7. The minimum atomic E-state index is -0.105. The summed E-state index contributed by atoms with van der Waals surface area (Å²) in [5.74, 6) is 0.712. The summed E-state index contributed by atoms with van der Waals surface area (Å²) in [6.45, 7) is 5.16. The van der Waals surface area contributed by atoms with Crippen LogP contribution < -0.4 is 10.2 Å². The third-order valence-electron chi connectivity index (χ3n) is 5.30. The zero-order chi connectivity index (χ0) is 19.3. The molecular formula is C22H25N5O. The van der Waals surface area contributed by atoms with Gasteiger partial charge in [0.2, 0.25) is 0 Å². The zero-order valence-electron chi connectivity index (χ0n) is 16.1. The molecule has 2 heterocycles. The maximum absolute atomic E-state index is 12.5.